The molecule has 1 rings (SSSR count). The third kappa shape index (κ3) is 4.10. The fraction of sp³-hybridized carbons (Fsp3) is 0.364. The first-order valence-corrected chi connectivity index (χ1v) is 6.83. The zero-order chi connectivity index (χ0) is 13.8. The minimum Gasteiger partial charge on any atom is -0.481 e. The molecule has 0 spiro atoms. The van der Waals surface area contributed by atoms with E-state index < -0.39 is 34.3 Å². The first kappa shape index (κ1) is 14.6. The summed E-state index contributed by atoms with van der Waals surface area (Å²) in [5, 5.41) is 26.3. The Balaban J connectivity index is 2.87. The molecular formula is C11H14O6S. The number of aliphatic carboxylic acids is 1. The van der Waals surface area contributed by atoms with Gasteiger partial charge in [-0.25, -0.2) is 8.42 Å². The van der Waals surface area contributed by atoms with Crippen molar-refractivity contribution in [3.05, 3.63) is 29.8 Å². The molecule has 1 unspecified atom stereocenters. The SMILES string of the molecule is O=C(O)Cc1ccc(S(=O)(=O)CC(O)CO)cc1. The quantitative estimate of drug-likeness (QED) is 0.641. The molecule has 100 valence electrons. The van der Waals surface area contributed by atoms with E-state index >= 15 is 0 Å². The Morgan fingerprint density at radius 3 is 2.22 bits per heavy atom. The fourth-order valence-corrected chi connectivity index (χ4v) is 2.75. The topological polar surface area (TPSA) is 112 Å². The van der Waals surface area contributed by atoms with Crippen molar-refractivity contribution in [1.82, 2.24) is 0 Å². The van der Waals surface area contributed by atoms with Crippen molar-refractivity contribution >= 4 is 15.8 Å². The Hall–Kier alpha value is -1.44. The van der Waals surface area contributed by atoms with Crippen LogP contribution in [0.4, 0.5) is 0 Å². The largest absolute Gasteiger partial charge is 0.481 e. The van der Waals surface area contributed by atoms with Crippen molar-refractivity contribution in [3.63, 3.8) is 0 Å². The molecule has 0 amide bonds. The monoisotopic (exact) mass is 274 g/mol. The van der Waals surface area contributed by atoms with E-state index in [4.69, 9.17) is 15.3 Å². The predicted octanol–water partition coefficient (Wildman–Crippen LogP) is -0.559. The molecule has 0 radical (unpaired) electrons. The lowest BCUT2D eigenvalue weighted by Crippen LogP contribution is -2.24. The molecule has 1 atom stereocenters. The molecule has 3 N–H and O–H groups in total. The molecule has 6 nitrogen and oxygen atoms in total. The smallest absolute Gasteiger partial charge is 0.307 e. The fourth-order valence-electron chi connectivity index (χ4n) is 1.39. The number of aliphatic hydroxyl groups excluding tert-OH is 2. The van der Waals surface area contributed by atoms with Crippen molar-refractivity contribution in [1.29, 1.82) is 0 Å². The van der Waals surface area contributed by atoms with Gasteiger partial charge in [0, 0.05) is 0 Å². The van der Waals surface area contributed by atoms with Gasteiger partial charge in [0.2, 0.25) is 0 Å². The van der Waals surface area contributed by atoms with E-state index in [2.05, 4.69) is 0 Å². The molecule has 1 aromatic rings. The lowest BCUT2D eigenvalue weighted by atomic mass is 10.2. The third-order valence-corrected chi connectivity index (χ3v) is 4.07. The van der Waals surface area contributed by atoms with Crippen LogP contribution in [0.5, 0.6) is 0 Å². The molecule has 0 aliphatic heterocycles. The standard InChI is InChI=1S/C11H14O6S/c12-6-9(13)7-18(16,17)10-3-1-8(2-4-10)5-11(14)15/h1-4,9,12-13H,5-7H2,(H,14,15). The van der Waals surface area contributed by atoms with Gasteiger partial charge in [0.25, 0.3) is 0 Å². The molecule has 0 aliphatic carbocycles. The summed E-state index contributed by atoms with van der Waals surface area (Å²) >= 11 is 0. The van der Waals surface area contributed by atoms with Gasteiger partial charge in [-0.2, -0.15) is 0 Å². The van der Waals surface area contributed by atoms with Crippen LogP contribution in [-0.2, 0) is 21.1 Å². The van der Waals surface area contributed by atoms with Crippen LogP contribution in [0.25, 0.3) is 0 Å². The Bertz CT molecular complexity index is 505. The van der Waals surface area contributed by atoms with E-state index in [1.165, 1.54) is 24.3 Å². The van der Waals surface area contributed by atoms with Gasteiger partial charge < -0.3 is 15.3 Å². The molecule has 7 heteroatoms. The number of carboxylic acid groups (broad SMARTS) is 1. The van der Waals surface area contributed by atoms with Crippen LogP contribution in [0, 0.1) is 0 Å². The lowest BCUT2D eigenvalue weighted by Gasteiger charge is -2.08. The van der Waals surface area contributed by atoms with Gasteiger partial charge in [-0.05, 0) is 17.7 Å². The summed E-state index contributed by atoms with van der Waals surface area (Å²) in [6.45, 7) is -0.629. The van der Waals surface area contributed by atoms with Gasteiger partial charge >= 0.3 is 5.97 Å². The third-order valence-electron chi connectivity index (χ3n) is 2.26. The second kappa shape index (κ2) is 5.94. The molecule has 0 saturated carbocycles. The number of rotatable bonds is 6. The van der Waals surface area contributed by atoms with E-state index in [1.807, 2.05) is 0 Å². The van der Waals surface area contributed by atoms with Crippen LogP contribution >= 0.6 is 0 Å². The average Bonchev–Trinajstić information content (AvgIpc) is 2.28. The van der Waals surface area contributed by atoms with Gasteiger partial charge in [-0.15, -0.1) is 0 Å². The highest BCUT2D eigenvalue weighted by Gasteiger charge is 2.19. The number of carboxylic acids is 1. The van der Waals surface area contributed by atoms with E-state index in [9.17, 15) is 13.2 Å². The Labute approximate surface area is 104 Å². The minimum absolute atomic E-state index is 0.0101. The van der Waals surface area contributed by atoms with E-state index in [-0.39, 0.29) is 11.3 Å². The first-order valence-electron chi connectivity index (χ1n) is 5.17. The van der Waals surface area contributed by atoms with E-state index in [1.54, 1.807) is 0 Å². The second-order valence-corrected chi connectivity index (χ2v) is 5.87. The van der Waals surface area contributed by atoms with Gasteiger partial charge in [-0.1, -0.05) is 12.1 Å². The summed E-state index contributed by atoms with van der Waals surface area (Å²) in [5.74, 6) is -1.57. The van der Waals surface area contributed by atoms with Crippen molar-refractivity contribution in [2.24, 2.45) is 0 Å². The maximum Gasteiger partial charge on any atom is 0.307 e. The molecule has 0 saturated heterocycles. The van der Waals surface area contributed by atoms with Gasteiger partial charge in [0.1, 0.15) is 0 Å². The van der Waals surface area contributed by atoms with Crippen molar-refractivity contribution in [2.75, 3.05) is 12.4 Å². The molecule has 0 bridgehead atoms. The Morgan fingerprint density at radius 2 is 1.78 bits per heavy atom. The maximum absolute atomic E-state index is 11.7. The summed E-state index contributed by atoms with van der Waals surface area (Å²) in [4.78, 5) is 10.4. The number of benzene rings is 1. The summed E-state index contributed by atoms with van der Waals surface area (Å²) in [5.41, 5.74) is 0.490. The molecule has 0 fully saturated rings. The molecule has 18 heavy (non-hydrogen) atoms. The number of sulfone groups is 1. The van der Waals surface area contributed by atoms with Gasteiger partial charge in [-0.3, -0.25) is 4.79 Å². The van der Waals surface area contributed by atoms with E-state index in [0.717, 1.165) is 0 Å². The van der Waals surface area contributed by atoms with Crippen LogP contribution in [0.2, 0.25) is 0 Å². The van der Waals surface area contributed by atoms with Crippen LogP contribution in [0.1, 0.15) is 5.56 Å². The lowest BCUT2D eigenvalue weighted by molar-refractivity contribution is -0.136. The number of hydrogen-bond donors (Lipinski definition) is 3. The van der Waals surface area contributed by atoms with Crippen LogP contribution in [-0.4, -0.2) is 48.2 Å². The van der Waals surface area contributed by atoms with Crippen molar-refractivity contribution < 1.29 is 28.5 Å². The first-order chi connectivity index (χ1) is 8.35. The highest BCUT2D eigenvalue weighted by Crippen LogP contribution is 2.14. The predicted molar refractivity (Wildman–Crippen MR) is 62.9 cm³/mol. The average molecular weight is 274 g/mol. The van der Waals surface area contributed by atoms with Gasteiger partial charge in [0.05, 0.1) is 29.8 Å². The van der Waals surface area contributed by atoms with Gasteiger partial charge in [0.15, 0.2) is 9.84 Å². The number of aliphatic hydroxyl groups is 2. The second-order valence-electron chi connectivity index (χ2n) is 3.83. The summed E-state index contributed by atoms with van der Waals surface area (Å²) < 4.78 is 23.5. The Kier molecular flexibility index (Phi) is 4.83. The molecule has 0 aromatic heterocycles. The molecular weight excluding hydrogens is 260 g/mol. The minimum atomic E-state index is -3.67. The van der Waals surface area contributed by atoms with E-state index in [0.29, 0.717) is 5.56 Å². The molecule has 1 aromatic carbocycles. The number of carbonyl (C=O) groups is 1. The summed E-state index contributed by atoms with van der Waals surface area (Å²) in [7, 11) is -3.67. The molecule has 0 heterocycles. The Morgan fingerprint density at radius 1 is 1.22 bits per heavy atom. The van der Waals surface area contributed by atoms with Crippen molar-refractivity contribution in [3.8, 4) is 0 Å². The zero-order valence-corrected chi connectivity index (χ0v) is 10.3. The number of hydrogen-bond acceptors (Lipinski definition) is 5. The molecule has 0 aliphatic rings. The normalized spacial score (nSPS) is 13.2. The zero-order valence-electron chi connectivity index (χ0n) is 9.48. The van der Waals surface area contributed by atoms with Crippen LogP contribution in [0.3, 0.4) is 0 Å². The van der Waals surface area contributed by atoms with Crippen molar-refractivity contribution in [2.45, 2.75) is 17.4 Å². The highest BCUT2D eigenvalue weighted by molar-refractivity contribution is 7.91. The van der Waals surface area contributed by atoms with Crippen LogP contribution < -0.4 is 0 Å². The summed E-state index contributed by atoms with van der Waals surface area (Å²) in [6, 6.07) is 5.40. The van der Waals surface area contributed by atoms with Crippen LogP contribution in [0.15, 0.2) is 29.2 Å². The maximum atomic E-state index is 11.7. The summed E-state index contributed by atoms with van der Waals surface area (Å²) in [6.07, 6.45) is -1.51. The highest BCUT2D eigenvalue weighted by atomic mass is 32.2.